The number of fused-ring (bicyclic) bond motifs is 2. The smallest absolute Gasteiger partial charge is 0.230 e. The zero-order chi connectivity index (χ0) is 20.1. The van der Waals surface area contributed by atoms with E-state index in [4.69, 9.17) is 11.0 Å². The predicted octanol–water partition coefficient (Wildman–Crippen LogP) is 2.86. The number of nitrogens with one attached hydrogen (secondary N) is 1. The van der Waals surface area contributed by atoms with Gasteiger partial charge in [0.05, 0.1) is 35.8 Å². The number of hydrogen-bond donors (Lipinski definition) is 2. The summed E-state index contributed by atoms with van der Waals surface area (Å²) in [4.78, 5) is 20.9. The van der Waals surface area contributed by atoms with Crippen molar-refractivity contribution in [3.05, 3.63) is 43.0 Å². The lowest BCUT2D eigenvalue weighted by Crippen LogP contribution is -2.15. The summed E-state index contributed by atoms with van der Waals surface area (Å²) in [5.41, 5.74) is 9.65. The molecule has 142 valence electrons. The fraction of sp³-hybridized carbons (Fsp3) is 0.190. The van der Waals surface area contributed by atoms with E-state index in [9.17, 15) is 4.79 Å². The van der Waals surface area contributed by atoms with Gasteiger partial charge >= 0.3 is 0 Å². The van der Waals surface area contributed by atoms with Gasteiger partial charge in [0.25, 0.3) is 0 Å². The molecule has 0 aliphatic heterocycles. The molecule has 29 heavy (non-hydrogen) atoms. The standard InChI is InChI=1S/C21H17N7O/c1-28-19-10-24-7-15(17(19)9-26-28)11-2-12-5-20(25-8-16(12)18(23)4-11)27-21(29)14-3-13(14)6-22/h2,4-5,7-10,13-14H,3,23H2,1H3,(H,25,27,29). The second-order valence-electron chi connectivity index (χ2n) is 7.31. The zero-order valence-electron chi connectivity index (χ0n) is 15.6. The Morgan fingerprint density at radius 1 is 1.24 bits per heavy atom. The third-order valence-corrected chi connectivity index (χ3v) is 5.40. The number of pyridine rings is 2. The second-order valence-corrected chi connectivity index (χ2v) is 7.31. The van der Waals surface area contributed by atoms with Crippen molar-refractivity contribution in [3.8, 4) is 17.2 Å². The van der Waals surface area contributed by atoms with Crippen LogP contribution < -0.4 is 11.1 Å². The number of nitriles is 1. The number of carbonyl (C=O) groups excluding carboxylic acids is 1. The average Bonchev–Trinajstić information content (AvgIpc) is 3.43. The van der Waals surface area contributed by atoms with E-state index in [1.54, 1.807) is 29.3 Å². The number of anilines is 2. The number of carbonyl (C=O) groups is 1. The zero-order valence-corrected chi connectivity index (χ0v) is 15.6. The minimum atomic E-state index is -0.247. The molecule has 0 spiro atoms. The van der Waals surface area contributed by atoms with Gasteiger partial charge in [-0.2, -0.15) is 10.4 Å². The van der Waals surface area contributed by atoms with E-state index in [0.29, 0.717) is 17.9 Å². The third kappa shape index (κ3) is 2.84. The maximum absolute atomic E-state index is 12.2. The van der Waals surface area contributed by atoms with Gasteiger partial charge in [0.15, 0.2) is 0 Å². The van der Waals surface area contributed by atoms with Gasteiger partial charge < -0.3 is 11.1 Å². The van der Waals surface area contributed by atoms with Crippen LogP contribution in [0.5, 0.6) is 0 Å². The largest absolute Gasteiger partial charge is 0.398 e. The van der Waals surface area contributed by atoms with Crippen molar-refractivity contribution in [2.24, 2.45) is 18.9 Å². The van der Waals surface area contributed by atoms with Gasteiger partial charge in [-0.05, 0) is 35.6 Å². The van der Waals surface area contributed by atoms with Crippen LogP contribution in [0.3, 0.4) is 0 Å². The molecule has 0 saturated heterocycles. The molecule has 1 aliphatic rings. The van der Waals surface area contributed by atoms with Crippen LogP contribution in [-0.4, -0.2) is 25.7 Å². The summed E-state index contributed by atoms with van der Waals surface area (Å²) >= 11 is 0. The molecule has 4 aromatic rings. The van der Waals surface area contributed by atoms with Crippen molar-refractivity contribution in [2.75, 3.05) is 11.1 Å². The molecule has 1 fully saturated rings. The van der Waals surface area contributed by atoms with Crippen molar-refractivity contribution in [3.63, 3.8) is 0 Å². The van der Waals surface area contributed by atoms with Crippen LogP contribution in [0, 0.1) is 23.2 Å². The normalized spacial score (nSPS) is 17.9. The van der Waals surface area contributed by atoms with E-state index in [2.05, 4.69) is 26.5 Å². The van der Waals surface area contributed by atoms with Crippen LogP contribution in [-0.2, 0) is 11.8 Å². The molecule has 1 saturated carbocycles. The second kappa shape index (κ2) is 6.27. The molecule has 3 aromatic heterocycles. The highest BCUT2D eigenvalue weighted by Gasteiger charge is 2.43. The van der Waals surface area contributed by atoms with Crippen molar-refractivity contribution < 1.29 is 4.79 Å². The molecule has 3 heterocycles. The van der Waals surface area contributed by atoms with Crippen molar-refractivity contribution in [1.82, 2.24) is 19.7 Å². The van der Waals surface area contributed by atoms with Crippen molar-refractivity contribution in [1.29, 1.82) is 5.26 Å². The minimum absolute atomic E-state index is 0.170. The summed E-state index contributed by atoms with van der Waals surface area (Å²) in [5, 5.41) is 18.7. The number of nitrogens with two attached hydrogens (primary N) is 1. The fourth-order valence-electron chi connectivity index (χ4n) is 3.65. The summed E-state index contributed by atoms with van der Waals surface area (Å²) in [7, 11) is 1.87. The highest BCUT2D eigenvalue weighted by Crippen LogP contribution is 2.39. The van der Waals surface area contributed by atoms with E-state index in [1.165, 1.54) is 0 Å². The van der Waals surface area contributed by atoms with Crippen LogP contribution in [0.2, 0.25) is 0 Å². The third-order valence-electron chi connectivity index (χ3n) is 5.40. The number of aryl methyl sites for hydroxylation is 1. The summed E-state index contributed by atoms with van der Waals surface area (Å²) in [5.74, 6) is -0.162. The molecule has 1 aliphatic carbocycles. The Hall–Kier alpha value is -3.99. The van der Waals surface area contributed by atoms with Crippen LogP contribution in [0.15, 0.2) is 43.0 Å². The number of benzene rings is 1. The molecule has 3 N–H and O–H groups in total. The Kier molecular flexibility index (Phi) is 3.71. The van der Waals surface area contributed by atoms with Crippen molar-refractivity contribution >= 4 is 39.1 Å². The van der Waals surface area contributed by atoms with Gasteiger partial charge in [-0.15, -0.1) is 0 Å². The molecule has 8 heteroatoms. The molecule has 1 aromatic carbocycles. The lowest BCUT2D eigenvalue weighted by atomic mass is 10.00. The van der Waals surface area contributed by atoms with Gasteiger partial charge in [-0.25, -0.2) is 4.98 Å². The number of nitrogens with zero attached hydrogens (tertiary/aromatic N) is 5. The molecule has 0 bridgehead atoms. The van der Waals surface area contributed by atoms with Crippen LogP contribution in [0.25, 0.3) is 32.8 Å². The average molecular weight is 383 g/mol. The molecular formula is C21H17N7O. The van der Waals surface area contributed by atoms with Crippen LogP contribution in [0.4, 0.5) is 11.5 Å². The van der Waals surface area contributed by atoms with E-state index in [1.807, 2.05) is 25.4 Å². The predicted molar refractivity (Wildman–Crippen MR) is 109 cm³/mol. The Morgan fingerprint density at radius 3 is 2.90 bits per heavy atom. The van der Waals surface area contributed by atoms with Gasteiger partial charge in [-0.1, -0.05) is 0 Å². The Balaban J connectivity index is 1.56. The van der Waals surface area contributed by atoms with E-state index >= 15 is 0 Å². The monoisotopic (exact) mass is 383 g/mol. The maximum Gasteiger partial charge on any atom is 0.230 e. The summed E-state index contributed by atoms with van der Waals surface area (Å²) in [6.45, 7) is 0. The first-order chi connectivity index (χ1) is 14.0. The lowest BCUT2D eigenvalue weighted by Gasteiger charge is -2.10. The highest BCUT2D eigenvalue weighted by molar-refractivity contribution is 6.02. The first kappa shape index (κ1) is 17.1. The van der Waals surface area contributed by atoms with Crippen molar-refractivity contribution in [2.45, 2.75) is 6.42 Å². The summed E-state index contributed by atoms with van der Waals surface area (Å²) < 4.78 is 1.78. The van der Waals surface area contributed by atoms with E-state index in [0.717, 1.165) is 32.8 Å². The summed E-state index contributed by atoms with van der Waals surface area (Å²) in [6.07, 6.45) is 7.65. The molecular weight excluding hydrogens is 366 g/mol. The Labute approximate surface area is 166 Å². The van der Waals surface area contributed by atoms with Gasteiger partial charge in [0.1, 0.15) is 5.82 Å². The molecule has 0 radical (unpaired) electrons. The maximum atomic E-state index is 12.2. The molecule has 5 rings (SSSR count). The number of hydrogen-bond acceptors (Lipinski definition) is 6. The van der Waals surface area contributed by atoms with Gasteiger partial charge in [-0.3, -0.25) is 14.5 Å². The number of amides is 1. The van der Waals surface area contributed by atoms with Crippen LogP contribution in [0.1, 0.15) is 6.42 Å². The molecule has 8 nitrogen and oxygen atoms in total. The van der Waals surface area contributed by atoms with Crippen LogP contribution >= 0.6 is 0 Å². The highest BCUT2D eigenvalue weighted by atomic mass is 16.2. The topological polar surface area (TPSA) is 123 Å². The number of nitrogen functional groups attached to an aromatic ring is 1. The Morgan fingerprint density at radius 2 is 2.10 bits per heavy atom. The molecule has 2 atom stereocenters. The number of aromatic nitrogens is 4. The quantitative estimate of drug-likeness (QED) is 0.525. The molecule has 2 unspecified atom stereocenters. The SMILES string of the molecule is Cn1ncc2c(-c3cc(N)c4cnc(NC(=O)C5CC5C#N)cc4c3)cncc21. The molecule has 1 amide bonds. The number of rotatable bonds is 3. The van der Waals surface area contributed by atoms with E-state index < -0.39 is 0 Å². The first-order valence-electron chi connectivity index (χ1n) is 9.21. The van der Waals surface area contributed by atoms with Gasteiger partial charge in [0, 0.05) is 41.5 Å². The lowest BCUT2D eigenvalue weighted by molar-refractivity contribution is -0.117. The summed E-state index contributed by atoms with van der Waals surface area (Å²) in [6, 6.07) is 7.82. The fourth-order valence-corrected chi connectivity index (χ4v) is 3.65. The van der Waals surface area contributed by atoms with Gasteiger partial charge in [0.2, 0.25) is 5.91 Å². The minimum Gasteiger partial charge on any atom is -0.398 e. The van der Waals surface area contributed by atoms with E-state index in [-0.39, 0.29) is 17.7 Å². The Bertz CT molecular complexity index is 1330. The first-order valence-corrected chi connectivity index (χ1v) is 9.21.